The number of halogens is 2. The molecule has 26 heavy (non-hydrogen) atoms. The number of methoxy groups -OCH3 is 1. The molecule has 2 amide bonds. The second-order valence-corrected chi connectivity index (χ2v) is 6.77. The zero-order valence-corrected chi connectivity index (χ0v) is 15.2. The summed E-state index contributed by atoms with van der Waals surface area (Å²) in [6.07, 6.45) is 1.56. The van der Waals surface area contributed by atoms with Crippen LogP contribution in [0.4, 0.5) is 14.9 Å². The van der Waals surface area contributed by atoms with E-state index in [0.29, 0.717) is 22.0 Å². The molecule has 1 saturated heterocycles. The standard InChI is InChI=1S/C18H14ClFN2O3S/c1-25-15-7-4-12(19)9-14(15)21-10-22-17(23)16(26-18(22)24)8-11-2-5-13(20)6-3-11/h2-9,21H,10H2,1H3/b16-8-. The van der Waals surface area contributed by atoms with E-state index in [1.54, 1.807) is 36.4 Å². The Morgan fingerprint density at radius 2 is 1.96 bits per heavy atom. The van der Waals surface area contributed by atoms with Crippen molar-refractivity contribution in [1.82, 2.24) is 4.90 Å². The quantitative estimate of drug-likeness (QED) is 0.754. The number of nitrogens with one attached hydrogen (secondary N) is 1. The largest absolute Gasteiger partial charge is 0.495 e. The van der Waals surface area contributed by atoms with Crippen LogP contribution in [0.5, 0.6) is 5.75 Å². The molecule has 0 atom stereocenters. The van der Waals surface area contributed by atoms with Crippen molar-refractivity contribution in [3.63, 3.8) is 0 Å². The van der Waals surface area contributed by atoms with Crippen molar-refractivity contribution in [2.45, 2.75) is 0 Å². The summed E-state index contributed by atoms with van der Waals surface area (Å²) >= 11 is 6.80. The first kappa shape index (κ1) is 18.3. The molecule has 0 unspecified atom stereocenters. The number of thioether (sulfide) groups is 1. The fourth-order valence-electron chi connectivity index (χ4n) is 2.33. The molecule has 3 rings (SSSR count). The minimum atomic E-state index is -0.419. The van der Waals surface area contributed by atoms with Crippen LogP contribution in [0.1, 0.15) is 5.56 Å². The third kappa shape index (κ3) is 4.00. The van der Waals surface area contributed by atoms with Crippen LogP contribution < -0.4 is 10.1 Å². The molecule has 1 aliphatic rings. The maximum Gasteiger partial charge on any atom is 0.295 e. The van der Waals surface area contributed by atoms with E-state index in [0.717, 1.165) is 16.7 Å². The molecule has 2 aromatic rings. The Bertz CT molecular complexity index is 887. The molecular formula is C18H14ClFN2O3S. The number of rotatable bonds is 5. The smallest absolute Gasteiger partial charge is 0.295 e. The van der Waals surface area contributed by atoms with Crippen molar-refractivity contribution in [2.24, 2.45) is 0 Å². The summed E-state index contributed by atoms with van der Waals surface area (Å²) in [6, 6.07) is 10.7. The number of benzene rings is 2. The molecule has 2 aromatic carbocycles. The molecule has 5 nitrogen and oxygen atoms in total. The summed E-state index contributed by atoms with van der Waals surface area (Å²) in [5.74, 6) is -0.240. The van der Waals surface area contributed by atoms with Gasteiger partial charge < -0.3 is 10.1 Å². The highest BCUT2D eigenvalue weighted by Gasteiger charge is 2.34. The molecule has 0 bridgehead atoms. The first-order chi connectivity index (χ1) is 12.5. The summed E-state index contributed by atoms with van der Waals surface area (Å²) in [7, 11) is 1.51. The molecule has 1 heterocycles. The molecule has 0 aromatic heterocycles. The van der Waals surface area contributed by atoms with Crippen LogP contribution in [0.2, 0.25) is 5.02 Å². The molecule has 1 aliphatic heterocycles. The SMILES string of the molecule is COc1ccc(Cl)cc1NCN1C(=O)S/C(=C\c2ccc(F)cc2)C1=O. The number of carbonyl (C=O) groups excluding carboxylic acids is 2. The minimum Gasteiger partial charge on any atom is -0.495 e. The van der Waals surface area contributed by atoms with Gasteiger partial charge in [-0.3, -0.25) is 14.5 Å². The monoisotopic (exact) mass is 392 g/mol. The van der Waals surface area contributed by atoms with Crippen molar-refractivity contribution >= 4 is 46.3 Å². The Kier molecular flexibility index (Phi) is 5.49. The van der Waals surface area contributed by atoms with Crippen molar-refractivity contribution in [3.05, 3.63) is 63.8 Å². The number of hydrogen-bond donors (Lipinski definition) is 1. The van der Waals surface area contributed by atoms with Gasteiger partial charge in [-0.15, -0.1) is 0 Å². The average Bonchev–Trinajstić information content (AvgIpc) is 2.88. The lowest BCUT2D eigenvalue weighted by atomic mass is 10.2. The van der Waals surface area contributed by atoms with E-state index < -0.39 is 11.1 Å². The minimum absolute atomic E-state index is 0.0257. The van der Waals surface area contributed by atoms with Gasteiger partial charge in [-0.05, 0) is 53.7 Å². The number of hydrogen-bond acceptors (Lipinski definition) is 5. The van der Waals surface area contributed by atoms with E-state index in [-0.39, 0.29) is 17.4 Å². The molecule has 0 aliphatic carbocycles. The number of imide groups is 1. The summed E-state index contributed by atoms with van der Waals surface area (Å²) in [5.41, 5.74) is 1.21. The van der Waals surface area contributed by atoms with E-state index in [9.17, 15) is 14.0 Å². The summed E-state index contributed by atoms with van der Waals surface area (Å²) in [4.78, 5) is 26.0. The Labute approximate surface area is 158 Å². The van der Waals surface area contributed by atoms with Crippen molar-refractivity contribution in [3.8, 4) is 5.75 Å². The van der Waals surface area contributed by atoms with Gasteiger partial charge in [-0.25, -0.2) is 4.39 Å². The molecule has 0 radical (unpaired) electrons. The van der Waals surface area contributed by atoms with Gasteiger partial charge in [0.15, 0.2) is 0 Å². The summed E-state index contributed by atoms with van der Waals surface area (Å²) in [5, 5.41) is 3.09. The molecule has 8 heteroatoms. The number of nitrogens with zero attached hydrogens (tertiary/aromatic N) is 1. The van der Waals surface area contributed by atoms with Crippen LogP contribution in [0.25, 0.3) is 6.08 Å². The third-order valence-corrected chi connectivity index (χ3v) is 4.77. The fraction of sp³-hybridized carbons (Fsp3) is 0.111. The van der Waals surface area contributed by atoms with E-state index in [1.165, 1.54) is 19.2 Å². The lowest BCUT2D eigenvalue weighted by Crippen LogP contribution is -2.33. The maximum absolute atomic E-state index is 13.0. The van der Waals surface area contributed by atoms with Gasteiger partial charge in [-0.1, -0.05) is 23.7 Å². The van der Waals surface area contributed by atoms with E-state index in [4.69, 9.17) is 16.3 Å². The Hall–Kier alpha value is -2.51. The predicted octanol–water partition coefficient (Wildman–Crippen LogP) is 4.59. The number of ether oxygens (including phenoxy) is 1. The van der Waals surface area contributed by atoms with Gasteiger partial charge in [0, 0.05) is 5.02 Å². The van der Waals surface area contributed by atoms with Crippen molar-refractivity contribution < 1.29 is 18.7 Å². The van der Waals surface area contributed by atoms with Crippen LogP contribution in [-0.2, 0) is 4.79 Å². The van der Waals surface area contributed by atoms with Gasteiger partial charge in [0.25, 0.3) is 11.1 Å². The molecular weight excluding hydrogens is 379 g/mol. The van der Waals surface area contributed by atoms with Crippen molar-refractivity contribution in [2.75, 3.05) is 19.1 Å². The van der Waals surface area contributed by atoms with Crippen LogP contribution in [-0.4, -0.2) is 29.8 Å². The van der Waals surface area contributed by atoms with Crippen molar-refractivity contribution in [1.29, 1.82) is 0 Å². The number of amides is 2. The predicted molar refractivity (Wildman–Crippen MR) is 101 cm³/mol. The second-order valence-electron chi connectivity index (χ2n) is 5.34. The van der Waals surface area contributed by atoms with Gasteiger partial charge in [0.05, 0.1) is 24.4 Å². The molecule has 0 saturated carbocycles. The lowest BCUT2D eigenvalue weighted by molar-refractivity contribution is -0.122. The first-order valence-corrected chi connectivity index (χ1v) is 8.76. The zero-order chi connectivity index (χ0) is 18.7. The second kappa shape index (κ2) is 7.80. The molecule has 1 fully saturated rings. The van der Waals surface area contributed by atoms with Gasteiger partial charge in [0.1, 0.15) is 11.6 Å². The van der Waals surface area contributed by atoms with E-state index in [2.05, 4.69) is 5.32 Å². The third-order valence-electron chi connectivity index (χ3n) is 3.63. The molecule has 134 valence electrons. The topological polar surface area (TPSA) is 58.6 Å². The Balaban J connectivity index is 1.73. The lowest BCUT2D eigenvalue weighted by Gasteiger charge is -2.16. The average molecular weight is 393 g/mol. The Morgan fingerprint density at radius 1 is 1.23 bits per heavy atom. The highest BCUT2D eigenvalue weighted by molar-refractivity contribution is 8.18. The van der Waals surface area contributed by atoms with Crippen LogP contribution >= 0.6 is 23.4 Å². The van der Waals surface area contributed by atoms with E-state index in [1.807, 2.05) is 0 Å². The summed E-state index contributed by atoms with van der Waals surface area (Å²) in [6.45, 7) is -0.0257. The highest BCUT2D eigenvalue weighted by Crippen LogP contribution is 2.33. The van der Waals surface area contributed by atoms with E-state index >= 15 is 0 Å². The van der Waals surface area contributed by atoms with Crippen LogP contribution in [0, 0.1) is 5.82 Å². The first-order valence-electron chi connectivity index (χ1n) is 7.56. The normalized spacial score (nSPS) is 15.7. The van der Waals surface area contributed by atoms with Gasteiger partial charge in [-0.2, -0.15) is 0 Å². The zero-order valence-electron chi connectivity index (χ0n) is 13.7. The molecule has 1 N–H and O–H groups in total. The van der Waals surface area contributed by atoms with Gasteiger partial charge in [0.2, 0.25) is 0 Å². The Morgan fingerprint density at radius 3 is 2.65 bits per heavy atom. The summed E-state index contributed by atoms with van der Waals surface area (Å²) < 4.78 is 18.2. The molecule has 0 spiro atoms. The maximum atomic E-state index is 13.0. The van der Waals surface area contributed by atoms with Crippen LogP contribution in [0.15, 0.2) is 47.4 Å². The number of carbonyl (C=O) groups is 2. The fourth-order valence-corrected chi connectivity index (χ4v) is 3.34. The van der Waals surface area contributed by atoms with Crippen LogP contribution in [0.3, 0.4) is 0 Å². The highest BCUT2D eigenvalue weighted by atomic mass is 35.5. The number of anilines is 1. The van der Waals surface area contributed by atoms with Gasteiger partial charge >= 0.3 is 0 Å².